The molecule has 0 saturated carbocycles. The van der Waals surface area contributed by atoms with Gasteiger partial charge in [0, 0.05) is 29.7 Å². The van der Waals surface area contributed by atoms with Crippen molar-refractivity contribution in [3.8, 4) is 5.75 Å². The number of imidazole rings is 1. The van der Waals surface area contributed by atoms with E-state index in [1.807, 2.05) is 0 Å². The molecule has 0 bridgehead atoms. The van der Waals surface area contributed by atoms with Gasteiger partial charge in [-0.2, -0.15) is 8.42 Å². The average molecular weight is 385 g/mol. The van der Waals surface area contributed by atoms with Gasteiger partial charge in [0.15, 0.2) is 5.03 Å². The van der Waals surface area contributed by atoms with Crippen LogP contribution in [0.15, 0.2) is 28.3 Å². The molecule has 0 radical (unpaired) electrons. The van der Waals surface area contributed by atoms with Crippen molar-refractivity contribution in [1.82, 2.24) is 9.55 Å². The molecule has 0 aliphatic rings. The van der Waals surface area contributed by atoms with Crippen LogP contribution >= 0.6 is 0 Å². The Morgan fingerprint density at radius 2 is 1.92 bits per heavy atom. The maximum Gasteiger partial charge on any atom is 0.357 e. The molecule has 0 aliphatic carbocycles. The summed E-state index contributed by atoms with van der Waals surface area (Å²) < 4.78 is 58.5. The first kappa shape index (κ1) is 19.7. The summed E-state index contributed by atoms with van der Waals surface area (Å²) >= 11 is 0. The van der Waals surface area contributed by atoms with Crippen LogP contribution in [-0.4, -0.2) is 18.0 Å². The van der Waals surface area contributed by atoms with E-state index in [-0.39, 0.29) is 35.6 Å². The molecule has 0 N–H and O–H groups in total. The third-order valence-corrected chi connectivity index (χ3v) is 4.76. The molecule has 2 aromatic rings. The lowest BCUT2D eigenvalue weighted by Crippen LogP contribution is -2.18. The van der Waals surface area contributed by atoms with Crippen molar-refractivity contribution in [2.45, 2.75) is 44.8 Å². The number of halogens is 2. The fourth-order valence-electron chi connectivity index (χ4n) is 2.43. The Balaban J connectivity index is 2.59. The first-order chi connectivity index (χ1) is 12.2. The van der Waals surface area contributed by atoms with E-state index in [9.17, 15) is 17.2 Å². The number of hydrogen-bond acceptors (Lipinski definition) is 5. The van der Waals surface area contributed by atoms with Crippen molar-refractivity contribution in [2.24, 2.45) is 5.11 Å². The summed E-state index contributed by atoms with van der Waals surface area (Å²) in [5.74, 6) is -2.45. The number of aromatic nitrogens is 2. The van der Waals surface area contributed by atoms with Crippen LogP contribution < -0.4 is 4.18 Å². The summed E-state index contributed by atoms with van der Waals surface area (Å²) in [6.45, 7) is 5.23. The van der Waals surface area contributed by atoms with E-state index in [4.69, 9.17) is 9.71 Å². The van der Waals surface area contributed by atoms with E-state index in [1.54, 1.807) is 20.8 Å². The van der Waals surface area contributed by atoms with Crippen molar-refractivity contribution in [3.63, 3.8) is 0 Å². The molecule has 11 heteroatoms. The maximum atomic E-state index is 13.3. The van der Waals surface area contributed by atoms with Gasteiger partial charge in [-0.25, -0.2) is 13.8 Å². The standard InChI is InChI=1S/C15H17F2N5O3S/c1-4-22-13(8-19-21-18)20-14(9(2)3)15(22)26(23,24)25-12-6-10(16)5-11(17)7-12/h5-7,9H,4,8H2,1-3H3. The van der Waals surface area contributed by atoms with Crippen LogP contribution in [0.3, 0.4) is 0 Å². The normalized spacial score (nSPS) is 11.5. The molecule has 8 nitrogen and oxygen atoms in total. The van der Waals surface area contributed by atoms with Crippen LogP contribution in [-0.2, 0) is 23.2 Å². The highest BCUT2D eigenvalue weighted by molar-refractivity contribution is 7.87. The molecular formula is C15H17F2N5O3S. The van der Waals surface area contributed by atoms with Crippen LogP contribution in [0.5, 0.6) is 5.75 Å². The van der Waals surface area contributed by atoms with E-state index in [0.29, 0.717) is 6.07 Å². The zero-order valence-corrected chi connectivity index (χ0v) is 15.2. The number of nitrogens with zero attached hydrogens (tertiary/aromatic N) is 5. The third kappa shape index (κ3) is 4.12. The summed E-state index contributed by atoms with van der Waals surface area (Å²) in [6, 6.07) is 2.14. The number of benzene rings is 1. The maximum absolute atomic E-state index is 13.3. The summed E-state index contributed by atoms with van der Waals surface area (Å²) in [7, 11) is -4.44. The van der Waals surface area contributed by atoms with Gasteiger partial charge in [-0.15, -0.1) is 0 Å². The third-order valence-electron chi connectivity index (χ3n) is 3.44. The largest absolute Gasteiger partial charge is 0.378 e. The topological polar surface area (TPSA) is 110 Å². The monoisotopic (exact) mass is 385 g/mol. The van der Waals surface area contributed by atoms with E-state index in [2.05, 4.69) is 15.0 Å². The minimum absolute atomic E-state index is 0.145. The van der Waals surface area contributed by atoms with E-state index in [1.165, 1.54) is 4.57 Å². The predicted octanol–water partition coefficient (Wildman–Crippen LogP) is 3.88. The van der Waals surface area contributed by atoms with Gasteiger partial charge in [-0.3, -0.25) is 0 Å². The first-order valence-corrected chi connectivity index (χ1v) is 9.11. The molecule has 140 valence electrons. The minimum Gasteiger partial charge on any atom is -0.378 e. The first-order valence-electron chi connectivity index (χ1n) is 7.70. The Kier molecular flexibility index (Phi) is 5.83. The summed E-state index contributed by atoms with van der Waals surface area (Å²) in [5, 5.41) is 3.18. The molecule has 0 unspecified atom stereocenters. The fourth-order valence-corrected chi connectivity index (χ4v) is 3.90. The average Bonchev–Trinajstić information content (AvgIpc) is 2.91. The minimum atomic E-state index is -4.44. The fraction of sp³-hybridized carbons (Fsp3) is 0.400. The molecule has 26 heavy (non-hydrogen) atoms. The quantitative estimate of drug-likeness (QED) is 0.312. The van der Waals surface area contributed by atoms with Crippen molar-refractivity contribution < 1.29 is 21.4 Å². The zero-order valence-electron chi connectivity index (χ0n) is 14.3. The van der Waals surface area contributed by atoms with Gasteiger partial charge in [0.05, 0.1) is 12.2 Å². The van der Waals surface area contributed by atoms with Crippen LogP contribution in [0.1, 0.15) is 38.2 Å². The molecule has 0 amide bonds. The summed E-state index contributed by atoms with van der Waals surface area (Å²) in [4.78, 5) is 6.90. The Morgan fingerprint density at radius 3 is 2.42 bits per heavy atom. The second-order valence-electron chi connectivity index (χ2n) is 5.65. The van der Waals surface area contributed by atoms with Crippen molar-refractivity contribution in [1.29, 1.82) is 0 Å². The summed E-state index contributed by atoms with van der Waals surface area (Å²) in [6.07, 6.45) is 0. The molecule has 0 saturated heterocycles. The van der Waals surface area contributed by atoms with Crippen molar-refractivity contribution >= 4 is 10.1 Å². The van der Waals surface area contributed by atoms with Gasteiger partial charge >= 0.3 is 10.1 Å². The Labute approximate surface area is 149 Å². The van der Waals surface area contributed by atoms with Gasteiger partial charge in [-0.1, -0.05) is 19.0 Å². The zero-order chi connectivity index (χ0) is 19.5. The molecule has 1 aromatic carbocycles. The van der Waals surface area contributed by atoms with E-state index >= 15 is 0 Å². The molecule has 1 aromatic heterocycles. The van der Waals surface area contributed by atoms with Gasteiger partial charge in [0.1, 0.15) is 23.2 Å². The van der Waals surface area contributed by atoms with E-state index in [0.717, 1.165) is 12.1 Å². The lowest BCUT2D eigenvalue weighted by molar-refractivity contribution is 0.464. The second kappa shape index (κ2) is 7.71. The van der Waals surface area contributed by atoms with E-state index < -0.39 is 27.5 Å². The lowest BCUT2D eigenvalue weighted by Gasteiger charge is -2.13. The predicted molar refractivity (Wildman–Crippen MR) is 89.0 cm³/mol. The molecule has 0 spiro atoms. The molecule has 0 atom stereocenters. The van der Waals surface area contributed by atoms with Crippen molar-refractivity contribution in [2.75, 3.05) is 0 Å². The van der Waals surface area contributed by atoms with Gasteiger partial charge in [-0.05, 0) is 18.4 Å². The second-order valence-corrected chi connectivity index (χ2v) is 7.11. The molecule has 1 heterocycles. The number of hydrogen-bond donors (Lipinski definition) is 0. The lowest BCUT2D eigenvalue weighted by atomic mass is 10.1. The van der Waals surface area contributed by atoms with Gasteiger partial charge in [0.2, 0.25) is 0 Å². The van der Waals surface area contributed by atoms with Gasteiger partial charge < -0.3 is 8.75 Å². The highest BCUT2D eigenvalue weighted by Crippen LogP contribution is 2.28. The molecular weight excluding hydrogens is 368 g/mol. The Morgan fingerprint density at radius 1 is 1.31 bits per heavy atom. The van der Waals surface area contributed by atoms with Crippen LogP contribution in [0, 0.1) is 11.6 Å². The molecule has 0 aliphatic heterocycles. The van der Waals surface area contributed by atoms with Gasteiger partial charge in [0.25, 0.3) is 0 Å². The Hall–Kier alpha value is -2.65. The SMILES string of the molecule is CCn1c(CN=[N+]=[N-])nc(C(C)C)c1S(=O)(=O)Oc1cc(F)cc(F)c1. The number of azide groups is 1. The molecule has 0 fully saturated rings. The molecule has 2 rings (SSSR count). The van der Waals surface area contributed by atoms with Crippen LogP contribution in [0.2, 0.25) is 0 Å². The highest BCUT2D eigenvalue weighted by Gasteiger charge is 2.30. The van der Waals surface area contributed by atoms with Crippen molar-refractivity contribution in [3.05, 3.63) is 51.8 Å². The Bertz CT molecular complexity index is 946. The van der Waals surface area contributed by atoms with Crippen LogP contribution in [0.25, 0.3) is 10.4 Å². The summed E-state index contributed by atoms with van der Waals surface area (Å²) in [5.41, 5.74) is 8.71. The van der Waals surface area contributed by atoms with Crippen LogP contribution in [0.4, 0.5) is 8.78 Å². The number of rotatable bonds is 7. The smallest absolute Gasteiger partial charge is 0.357 e. The highest BCUT2D eigenvalue weighted by atomic mass is 32.2.